The van der Waals surface area contributed by atoms with Gasteiger partial charge in [0.05, 0.1) is 39.9 Å². The van der Waals surface area contributed by atoms with Gasteiger partial charge in [0.25, 0.3) is 0 Å². The second-order valence-electron chi connectivity index (χ2n) is 14.6. The van der Waals surface area contributed by atoms with Crippen LogP contribution in [0.25, 0.3) is 0 Å². The number of esters is 1. The van der Waals surface area contributed by atoms with Crippen LogP contribution in [0.3, 0.4) is 0 Å². The molecule has 1 atom stereocenters. The van der Waals surface area contributed by atoms with E-state index in [4.69, 9.17) is 18.9 Å². The van der Waals surface area contributed by atoms with Crippen LogP contribution in [0.2, 0.25) is 0 Å². The van der Waals surface area contributed by atoms with Crippen LogP contribution in [0.5, 0.6) is 17.2 Å². The third-order valence-electron chi connectivity index (χ3n) is 11.5. The van der Waals surface area contributed by atoms with Gasteiger partial charge in [-0.2, -0.15) is 0 Å². The van der Waals surface area contributed by atoms with Gasteiger partial charge in [0.15, 0.2) is 11.5 Å². The van der Waals surface area contributed by atoms with Crippen LogP contribution < -0.4 is 19.6 Å². The van der Waals surface area contributed by atoms with E-state index in [9.17, 15) is 9.59 Å². The molecule has 286 valence electrons. The number of pyridine rings is 1. The van der Waals surface area contributed by atoms with Gasteiger partial charge in [0.2, 0.25) is 11.7 Å². The summed E-state index contributed by atoms with van der Waals surface area (Å²) < 4.78 is 22.0. The first-order chi connectivity index (χ1) is 25.8. The quantitative estimate of drug-likeness (QED) is 0.231. The summed E-state index contributed by atoms with van der Waals surface area (Å²) in [7, 11) is 4.94. The molecule has 12 nitrogen and oxygen atoms in total. The number of nitrogens with one attached hydrogen (secondary N) is 1. The van der Waals surface area contributed by atoms with Crippen molar-refractivity contribution in [2.24, 2.45) is 0 Å². The fourth-order valence-corrected chi connectivity index (χ4v) is 8.43. The van der Waals surface area contributed by atoms with Crippen LogP contribution in [0.4, 0.5) is 0 Å². The minimum atomic E-state index is -0.658. The fraction of sp³-hybridized carbons (Fsp3) is 0.537. The molecule has 3 saturated heterocycles. The molecule has 3 aliphatic rings. The lowest BCUT2D eigenvalue weighted by Gasteiger charge is -2.43. The lowest BCUT2D eigenvalue weighted by Crippen LogP contribution is -2.59. The number of carbonyl (C=O) groups excluding carboxylic acids is 2. The smallest absolute Gasteiger partial charge is 0.320 e. The van der Waals surface area contributed by atoms with Gasteiger partial charge in [0.1, 0.15) is 0 Å². The molecule has 12 heteroatoms. The summed E-state index contributed by atoms with van der Waals surface area (Å²) in [6.07, 6.45) is 7.17. The van der Waals surface area contributed by atoms with Gasteiger partial charge in [-0.3, -0.25) is 29.8 Å². The van der Waals surface area contributed by atoms with Crippen LogP contribution in [0.15, 0.2) is 67.0 Å². The van der Waals surface area contributed by atoms with E-state index in [0.29, 0.717) is 50.0 Å². The van der Waals surface area contributed by atoms with Gasteiger partial charge in [-0.25, -0.2) is 5.01 Å². The fourth-order valence-electron chi connectivity index (χ4n) is 8.43. The average Bonchev–Trinajstić information content (AvgIpc) is 3.61. The third-order valence-corrected chi connectivity index (χ3v) is 11.5. The first kappa shape index (κ1) is 38.5. The lowest BCUT2D eigenvalue weighted by molar-refractivity contribution is -0.145. The van der Waals surface area contributed by atoms with E-state index >= 15 is 0 Å². The number of benzene rings is 2. The van der Waals surface area contributed by atoms with Crippen molar-refractivity contribution >= 4 is 11.9 Å². The van der Waals surface area contributed by atoms with E-state index in [-0.39, 0.29) is 23.8 Å². The number of piperazine rings is 1. The predicted molar refractivity (Wildman–Crippen MR) is 203 cm³/mol. The van der Waals surface area contributed by atoms with Crippen molar-refractivity contribution in [1.29, 1.82) is 0 Å². The topological polar surface area (TPSA) is 109 Å². The molecule has 4 heterocycles. The number of piperidine rings is 1. The first-order valence-electron chi connectivity index (χ1n) is 18.9. The Kier molecular flexibility index (Phi) is 12.9. The van der Waals surface area contributed by atoms with Crippen LogP contribution in [-0.2, 0) is 31.7 Å². The maximum Gasteiger partial charge on any atom is 0.320 e. The first-order valence-corrected chi connectivity index (χ1v) is 18.9. The lowest BCUT2D eigenvalue weighted by atomic mass is 9.72. The number of aromatic nitrogens is 1. The molecule has 0 radical (unpaired) electrons. The normalized spacial score (nSPS) is 21.2. The molecule has 0 saturated carbocycles. The molecule has 6 rings (SSSR count). The zero-order chi connectivity index (χ0) is 37.3. The summed E-state index contributed by atoms with van der Waals surface area (Å²) in [4.78, 5) is 37.8. The van der Waals surface area contributed by atoms with Crippen LogP contribution >= 0.6 is 0 Å². The number of hydrogen-bond acceptors (Lipinski definition) is 11. The molecule has 0 aliphatic carbocycles. The summed E-state index contributed by atoms with van der Waals surface area (Å²) in [5.41, 5.74) is 6.11. The van der Waals surface area contributed by atoms with Crippen molar-refractivity contribution < 1.29 is 28.5 Å². The zero-order valence-corrected chi connectivity index (χ0v) is 31.9. The second kappa shape index (κ2) is 17.7. The van der Waals surface area contributed by atoms with E-state index in [2.05, 4.69) is 67.6 Å². The standard InChI is InChI=1S/C41H56N6O6/c1-5-53-37(48)30-45-22-24-47(25-23-45)43-39(49)41(34-12-9-17-42-28-34)15-20-44(21-16-41)18-13-40(33-10-7-6-8-11-33)14-19-46(31-40)29-32-26-35(50-2)38(52-4)36(27-32)51-3/h6-12,17,26-28H,5,13-16,18-25,29-31H2,1-4H3,(H,43,49). The van der Waals surface area contributed by atoms with Gasteiger partial charge in [-0.1, -0.05) is 36.4 Å². The van der Waals surface area contributed by atoms with Crippen LogP contribution in [0, 0.1) is 0 Å². The Balaban J connectivity index is 1.10. The second-order valence-corrected chi connectivity index (χ2v) is 14.6. The predicted octanol–water partition coefficient (Wildman–Crippen LogP) is 3.89. The molecule has 0 spiro atoms. The molecule has 3 aromatic rings. The van der Waals surface area contributed by atoms with E-state index in [1.807, 2.05) is 30.3 Å². The number of amides is 1. The summed E-state index contributed by atoms with van der Waals surface area (Å²) in [6, 6.07) is 19.0. The molecule has 3 aliphatic heterocycles. The van der Waals surface area contributed by atoms with Crippen molar-refractivity contribution in [1.82, 2.24) is 30.1 Å². The van der Waals surface area contributed by atoms with Crippen LogP contribution in [-0.4, -0.2) is 130 Å². The summed E-state index contributed by atoms with van der Waals surface area (Å²) >= 11 is 0. The highest BCUT2D eigenvalue weighted by Gasteiger charge is 2.45. The van der Waals surface area contributed by atoms with E-state index < -0.39 is 5.41 Å². The maximum atomic E-state index is 14.2. The molecule has 1 amide bonds. The summed E-state index contributed by atoms with van der Waals surface area (Å²) in [5, 5.41) is 2.00. The average molecular weight is 729 g/mol. The van der Waals surface area contributed by atoms with Gasteiger partial charge in [-0.05, 0) is 93.7 Å². The Labute approximate surface area is 314 Å². The van der Waals surface area contributed by atoms with Crippen molar-refractivity contribution in [3.05, 3.63) is 83.7 Å². The molecule has 1 N–H and O–H groups in total. The number of carbonyl (C=O) groups is 2. The maximum absolute atomic E-state index is 14.2. The van der Waals surface area contributed by atoms with E-state index in [1.165, 1.54) is 5.56 Å². The Morgan fingerprint density at radius 1 is 0.792 bits per heavy atom. The van der Waals surface area contributed by atoms with E-state index in [1.54, 1.807) is 27.5 Å². The molecular weight excluding hydrogens is 672 g/mol. The van der Waals surface area contributed by atoms with Gasteiger partial charge < -0.3 is 23.8 Å². The largest absolute Gasteiger partial charge is 0.493 e. The van der Waals surface area contributed by atoms with E-state index in [0.717, 1.165) is 76.1 Å². The number of likely N-dealkylation sites (tertiary alicyclic amines) is 2. The monoisotopic (exact) mass is 728 g/mol. The molecule has 53 heavy (non-hydrogen) atoms. The number of hydrogen-bond donors (Lipinski definition) is 1. The molecule has 1 aromatic heterocycles. The molecule has 1 unspecified atom stereocenters. The van der Waals surface area contributed by atoms with Gasteiger partial charge in [-0.15, -0.1) is 0 Å². The van der Waals surface area contributed by atoms with Crippen LogP contribution in [0.1, 0.15) is 49.3 Å². The number of hydrazine groups is 1. The number of ether oxygens (including phenoxy) is 4. The van der Waals surface area contributed by atoms with Gasteiger partial charge >= 0.3 is 5.97 Å². The molecule has 3 fully saturated rings. The van der Waals surface area contributed by atoms with Gasteiger partial charge in [0, 0.05) is 57.1 Å². The number of rotatable bonds is 15. The van der Waals surface area contributed by atoms with Crippen molar-refractivity contribution in [3.63, 3.8) is 0 Å². The summed E-state index contributed by atoms with van der Waals surface area (Å²) in [5.74, 6) is 1.78. The summed E-state index contributed by atoms with van der Waals surface area (Å²) in [6.45, 7) is 10.5. The van der Waals surface area contributed by atoms with Crippen molar-refractivity contribution in [2.45, 2.75) is 50.0 Å². The minimum absolute atomic E-state index is 0.0204. The Morgan fingerprint density at radius 2 is 1.47 bits per heavy atom. The Morgan fingerprint density at radius 3 is 2.09 bits per heavy atom. The molecule has 2 aromatic carbocycles. The zero-order valence-electron chi connectivity index (χ0n) is 31.9. The third kappa shape index (κ3) is 8.95. The molecular formula is C41H56N6O6. The Hall–Kier alpha value is -4.23. The highest BCUT2D eigenvalue weighted by Crippen LogP contribution is 2.42. The highest BCUT2D eigenvalue weighted by atomic mass is 16.5. The minimum Gasteiger partial charge on any atom is -0.493 e. The Bertz CT molecular complexity index is 1620. The van der Waals surface area contributed by atoms with Crippen molar-refractivity contribution in [2.75, 3.05) is 93.4 Å². The molecule has 0 bridgehead atoms. The number of nitrogens with zero attached hydrogens (tertiary/aromatic N) is 5. The SMILES string of the molecule is CCOC(=O)CN1CCN(NC(=O)C2(c3cccnc3)CCN(CCC3(c4ccccc4)CCN(Cc4cc(OC)c(OC)c(OC)c4)C3)CC2)CC1. The highest BCUT2D eigenvalue weighted by molar-refractivity contribution is 5.88. The van der Waals surface area contributed by atoms with Crippen molar-refractivity contribution in [3.8, 4) is 17.2 Å². The number of methoxy groups -OCH3 is 3.